The molecule has 0 aliphatic rings. The molecule has 4 atom stereocenters. The summed E-state index contributed by atoms with van der Waals surface area (Å²) in [7, 11) is 0. The summed E-state index contributed by atoms with van der Waals surface area (Å²) in [4.78, 5) is 59.4. The first-order valence-electron chi connectivity index (χ1n) is 9.65. The Labute approximate surface area is 187 Å². The lowest BCUT2D eigenvalue weighted by atomic mass is 10.0. The van der Waals surface area contributed by atoms with E-state index in [1.54, 1.807) is 0 Å². The van der Waals surface area contributed by atoms with Crippen LogP contribution in [0, 0.1) is 0 Å². The summed E-state index contributed by atoms with van der Waals surface area (Å²) < 4.78 is 0. The Kier molecular flexibility index (Phi) is 10.7. The quantitative estimate of drug-likeness (QED) is 0.134. The van der Waals surface area contributed by atoms with E-state index in [9.17, 15) is 34.2 Å². The van der Waals surface area contributed by atoms with Crippen molar-refractivity contribution in [1.82, 2.24) is 16.0 Å². The molecule has 0 aliphatic heterocycles. The molecule has 0 spiro atoms. The number of rotatable bonds is 13. The number of aliphatic carboxylic acids is 1. The fourth-order valence-electron chi connectivity index (χ4n) is 2.58. The number of nitrogens with two attached hydrogens (primary N) is 2. The molecule has 1 rings (SSSR count). The molecule has 0 bridgehead atoms. The lowest BCUT2D eigenvalue weighted by Crippen LogP contribution is -2.59. The molecule has 0 fully saturated rings. The SMILES string of the molecule is NC(=O)CC(NC(=O)C(CO)NC(=O)C(Cc1ccc(O)cc1)NC(=O)C(N)CO)C(=O)O. The number of hydrogen-bond acceptors (Lipinski definition) is 9. The maximum absolute atomic E-state index is 12.8. The third-order valence-electron chi connectivity index (χ3n) is 4.38. The van der Waals surface area contributed by atoms with Crippen LogP contribution in [0.4, 0.5) is 0 Å². The number of primary amides is 1. The van der Waals surface area contributed by atoms with E-state index in [0.717, 1.165) is 0 Å². The van der Waals surface area contributed by atoms with Gasteiger partial charge in [-0.1, -0.05) is 12.1 Å². The molecule has 11 N–H and O–H groups in total. The lowest BCUT2D eigenvalue weighted by molar-refractivity contribution is -0.144. The van der Waals surface area contributed by atoms with Gasteiger partial charge in [0, 0.05) is 6.42 Å². The second-order valence-corrected chi connectivity index (χ2v) is 7.03. The predicted octanol–water partition coefficient (Wildman–Crippen LogP) is -4.34. The maximum Gasteiger partial charge on any atom is 0.326 e. The highest BCUT2D eigenvalue weighted by molar-refractivity contribution is 5.95. The van der Waals surface area contributed by atoms with Crippen molar-refractivity contribution in [3.63, 3.8) is 0 Å². The molecule has 33 heavy (non-hydrogen) atoms. The second kappa shape index (κ2) is 12.9. The number of benzene rings is 1. The molecule has 1 aromatic rings. The Morgan fingerprint density at radius 3 is 1.82 bits per heavy atom. The van der Waals surface area contributed by atoms with Gasteiger partial charge >= 0.3 is 5.97 Å². The van der Waals surface area contributed by atoms with Crippen molar-refractivity contribution >= 4 is 29.6 Å². The number of carboxylic acids is 1. The van der Waals surface area contributed by atoms with Gasteiger partial charge < -0.3 is 47.8 Å². The standard InChI is InChI=1S/C19H27N5O9/c20-11(7-25)16(29)22-12(5-9-1-3-10(27)4-2-9)17(30)24-14(8-26)18(31)23-13(19(32)33)6-15(21)28/h1-4,11-14,25-27H,5-8,20H2,(H2,21,28)(H,22,29)(H,23,31)(H,24,30)(H,32,33). The number of aromatic hydroxyl groups is 1. The molecule has 0 heterocycles. The molecule has 0 radical (unpaired) electrons. The number of aliphatic hydroxyl groups is 2. The van der Waals surface area contributed by atoms with Crippen molar-refractivity contribution in [3.8, 4) is 5.75 Å². The van der Waals surface area contributed by atoms with Gasteiger partial charge in [0.2, 0.25) is 23.6 Å². The molecule has 4 unspecified atom stereocenters. The van der Waals surface area contributed by atoms with Crippen molar-refractivity contribution in [2.75, 3.05) is 13.2 Å². The Hall–Kier alpha value is -3.75. The van der Waals surface area contributed by atoms with Crippen molar-refractivity contribution in [3.05, 3.63) is 29.8 Å². The molecule has 0 saturated heterocycles. The highest BCUT2D eigenvalue weighted by Gasteiger charge is 2.30. The largest absolute Gasteiger partial charge is 0.508 e. The van der Waals surface area contributed by atoms with E-state index in [-0.39, 0.29) is 12.2 Å². The summed E-state index contributed by atoms with van der Waals surface area (Å²) >= 11 is 0. The van der Waals surface area contributed by atoms with Crippen LogP contribution in [0.5, 0.6) is 5.75 Å². The third kappa shape index (κ3) is 9.10. The minimum atomic E-state index is -1.68. The van der Waals surface area contributed by atoms with E-state index >= 15 is 0 Å². The Bertz CT molecular complexity index is 862. The van der Waals surface area contributed by atoms with E-state index in [2.05, 4.69) is 10.6 Å². The van der Waals surface area contributed by atoms with E-state index < -0.39 is 73.4 Å². The van der Waals surface area contributed by atoms with E-state index in [1.165, 1.54) is 24.3 Å². The Balaban J connectivity index is 2.99. The van der Waals surface area contributed by atoms with Crippen molar-refractivity contribution in [2.45, 2.75) is 37.0 Å². The smallest absolute Gasteiger partial charge is 0.326 e. The van der Waals surface area contributed by atoms with E-state index in [0.29, 0.717) is 5.56 Å². The Morgan fingerprint density at radius 1 is 0.818 bits per heavy atom. The average Bonchev–Trinajstić information content (AvgIpc) is 2.76. The summed E-state index contributed by atoms with van der Waals surface area (Å²) in [5.41, 5.74) is 10.9. The van der Waals surface area contributed by atoms with Crippen molar-refractivity contribution < 1.29 is 44.4 Å². The average molecular weight is 469 g/mol. The molecular formula is C19H27N5O9. The summed E-state index contributed by atoms with van der Waals surface area (Å²) in [6.45, 7) is -1.63. The van der Waals surface area contributed by atoms with Gasteiger partial charge in [0.15, 0.2) is 0 Å². The first-order chi connectivity index (χ1) is 15.5. The number of nitrogens with one attached hydrogen (secondary N) is 3. The lowest BCUT2D eigenvalue weighted by Gasteiger charge is -2.24. The van der Waals surface area contributed by atoms with E-state index in [1.807, 2.05) is 5.32 Å². The van der Waals surface area contributed by atoms with E-state index in [4.69, 9.17) is 21.7 Å². The van der Waals surface area contributed by atoms with Gasteiger partial charge in [0.05, 0.1) is 19.6 Å². The van der Waals surface area contributed by atoms with Crippen LogP contribution >= 0.6 is 0 Å². The summed E-state index contributed by atoms with van der Waals surface area (Å²) in [5, 5.41) is 43.5. The van der Waals surface area contributed by atoms with Gasteiger partial charge in [-0.25, -0.2) is 4.79 Å². The van der Waals surface area contributed by atoms with Gasteiger partial charge in [0.25, 0.3) is 0 Å². The minimum absolute atomic E-state index is 0.0351. The monoisotopic (exact) mass is 469 g/mol. The number of carboxylic acid groups (broad SMARTS) is 1. The predicted molar refractivity (Wildman–Crippen MR) is 111 cm³/mol. The molecule has 1 aromatic carbocycles. The fourth-order valence-corrected chi connectivity index (χ4v) is 2.58. The zero-order chi connectivity index (χ0) is 25.1. The summed E-state index contributed by atoms with van der Waals surface area (Å²) in [5.74, 6) is -5.50. The molecular weight excluding hydrogens is 442 g/mol. The fraction of sp³-hybridized carbons (Fsp3) is 0.421. The number of amides is 4. The number of hydrogen-bond donors (Lipinski definition) is 9. The van der Waals surface area contributed by atoms with Gasteiger partial charge in [-0.3, -0.25) is 19.2 Å². The number of carbonyl (C=O) groups is 5. The molecule has 4 amide bonds. The molecule has 182 valence electrons. The van der Waals surface area contributed by atoms with Gasteiger partial charge in [-0.15, -0.1) is 0 Å². The summed E-state index contributed by atoms with van der Waals surface area (Å²) in [6.07, 6.45) is -0.832. The number of aliphatic hydroxyl groups excluding tert-OH is 2. The number of phenolic OH excluding ortho intramolecular Hbond substituents is 1. The third-order valence-corrected chi connectivity index (χ3v) is 4.38. The van der Waals surface area contributed by atoms with Gasteiger partial charge in [-0.2, -0.15) is 0 Å². The number of carbonyl (C=O) groups excluding carboxylic acids is 4. The molecule has 14 nitrogen and oxygen atoms in total. The van der Waals surface area contributed by atoms with Crippen LogP contribution in [-0.4, -0.2) is 87.4 Å². The molecule has 0 saturated carbocycles. The second-order valence-electron chi connectivity index (χ2n) is 7.03. The van der Waals surface area contributed by atoms with Gasteiger partial charge in [-0.05, 0) is 17.7 Å². The first-order valence-corrected chi connectivity index (χ1v) is 9.65. The number of phenols is 1. The zero-order valence-corrected chi connectivity index (χ0v) is 17.4. The topological polar surface area (TPSA) is 254 Å². The van der Waals surface area contributed by atoms with Crippen LogP contribution in [-0.2, 0) is 30.4 Å². The minimum Gasteiger partial charge on any atom is -0.508 e. The first kappa shape index (κ1) is 27.3. The normalized spacial score (nSPS) is 14.3. The van der Waals surface area contributed by atoms with Crippen LogP contribution in [0.1, 0.15) is 12.0 Å². The highest BCUT2D eigenvalue weighted by Crippen LogP contribution is 2.12. The highest BCUT2D eigenvalue weighted by atomic mass is 16.4. The van der Waals surface area contributed by atoms with Crippen LogP contribution in [0.3, 0.4) is 0 Å². The summed E-state index contributed by atoms with van der Waals surface area (Å²) in [6, 6.07) is -0.310. The maximum atomic E-state index is 12.8. The van der Waals surface area contributed by atoms with Gasteiger partial charge in [0.1, 0.15) is 29.9 Å². The Morgan fingerprint density at radius 2 is 1.33 bits per heavy atom. The molecule has 14 heteroatoms. The zero-order valence-electron chi connectivity index (χ0n) is 17.4. The van der Waals surface area contributed by atoms with Crippen LogP contribution < -0.4 is 27.4 Å². The molecule has 0 aliphatic carbocycles. The molecule has 0 aromatic heterocycles. The van der Waals surface area contributed by atoms with Crippen molar-refractivity contribution in [2.24, 2.45) is 11.5 Å². The van der Waals surface area contributed by atoms with Crippen molar-refractivity contribution in [1.29, 1.82) is 0 Å². The van der Waals surface area contributed by atoms with Crippen LogP contribution in [0.25, 0.3) is 0 Å². The van der Waals surface area contributed by atoms with Crippen LogP contribution in [0.15, 0.2) is 24.3 Å². The van der Waals surface area contributed by atoms with Crippen LogP contribution in [0.2, 0.25) is 0 Å².